The first-order valence-corrected chi connectivity index (χ1v) is 10.9. The Morgan fingerprint density at radius 1 is 1.18 bits per heavy atom. The number of thioether (sulfide) groups is 1. The molecule has 1 saturated heterocycles. The fourth-order valence-electron chi connectivity index (χ4n) is 2.90. The molecule has 0 bridgehead atoms. The van der Waals surface area contributed by atoms with Gasteiger partial charge in [0, 0.05) is 36.3 Å². The van der Waals surface area contributed by atoms with Crippen molar-refractivity contribution in [1.82, 2.24) is 0 Å². The number of carbonyl (C=O) groups is 1. The van der Waals surface area contributed by atoms with E-state index in [1.54, 1.807) is 17.8 Å². The summed E-state index contributed by atoms with van der Waals surface area (Å²) in [6.07, 6.45) is 0. The number of aromatic carboxylic acids is 1. The number of sulfonamides is 1. The van der Waals surface area contributed by atoms with Gasteiger partial charge < -0.3 is 10.0 Å². The van der Waals surface area contributed by atoms with Crippen molar-refractivity contribution in [2.75, 3.05) is 34.2 Å². The van der Waals surface area contributed by atoms with E-state index in [-0.39, 0.29) is 11.3 Å². The number of nitrogens with zero attached hydrogens (tertiary/aromatic N) is 2. The average molecular weight is 423 g/mol. The van der Waals surface area contributed by atoms with E-state index in [4.69, 9.17) is 0 Å². The third kappa shape index (κ3) is 4.20. The van der Waals surface area contributed by atoms with Gasteiger partial charge in [-0.25, -0.2) is 13.2 Å². The van der Waals surface area contributed by atoms with E-state index in [0.29, 0.717) is 18.8 Å². The number of anilines is 2. The van der Waals surface area contributed by atoms with Crippen LogP contribution in [-0.2, 0) is 10.0 Å². The van der Waals surface area contributed by atoms with Crippen molar-refractivity contribution in [3.63, 3.8) is 0 Å². The van der Waals surface area contributed by atoms with Crippen molar-refractivity contribution in [2.24, 2.45) is 0 Å². The number of para-hydroxylation sites is 1. The number of nitro groups is 1. The highest BCUT2D eigenvalue weighted by Gasteiger charge is 2.26. The molecule has 0 radical (unpaired) electrons. The molecule has 3 rings (SSSR count). The lowest BCUT2D eigenvalue weighted by atomic mass is 10.1. The molecule has 0 unspecified atom stereocenters. The molecule has 148 valence electrons. The van der Waals surface area contributed by atoms with Crippen molar-refractivity contribution >= 4 is 44.8 Å². The minimum atomic E-state index is -4.27. The zero-order valence-corrected chi connectivity index (χ0v) is 16.2. The van der Waals surface area contributed by atoms with Crippen LogP contribution in [0.4, 0.5) is 17.1 Å². The highest BCUT2D eigenvalue weighted by molar-refractivity contribution is 7.99. The summed E-state index contributed by atoms with van der Waals surface area (Å²) in [4.78, 5) is 23.5. The fourth-order valence-corrected chi connectivity index (χ4v) is 5.02. The summed E-state index contributed by atoms with van der Waals surface area (Å²) in [6.45, 7) is 1.40. The van der Waals surface area contributed by atoms with Crippen LogP contribution in [0.5, 0.6) is 0 Å². The summed E-state index contributed by atoms with van der Waals surface area (Å²) >= 11 is 1.78. The third-order valence-corrected chi connectivity index (χ3v) is 6.55. The average Bonchev–Trinajstić information content (AvgIpc) is 2.68. The molecule has 1 aliphatic heterocycles. The van der Waals surface area contributed by atoms with Crippen LogP contribution in [-0.4, -0.2) is 49.0 Å². The van der Waals surface area contributed by atoms with Crippen LogP contribution in [0, 0.1) is 10.1 Å². The maximum absolute atomic E-state index is 12.6. The van der Waals surface area contributed by atoms with Crippen LogP contribution >= 0.6 is 11.8 Å². The Morgan fingerprint density at radius 3 is 2.50 bits per heavy atom. The minimum absolute atomic E-state index is 0.0192. The SMILES string of the molecule is O=C(O)c1cc(NS(=O)(=O)c2ccccc2[N+](=O)[O-])ccc1N1CCSCC1. The Bertz CT molecular complexity index is 1020. The number of nitro benzene ring substituents is 1. The van der Waals surface area contributed by atoms with E-state index < -0.39 is 31.5 Å². The maximum Gasteiger partial charge on any atom is 0.337 e. The van der Waals surface area contributed by atoms with Gasteiger partial charge in [0.15, 0.2) is 4.90 Å². The first kappa shape index (κ1) is 20.0. The van der Waals surface area contributed by atoms with Gasteiger partial charge >= 0.3 is 5.97 Å². The number of rotatable bonds is 6. The molecule has 0 atom stereocenters. The maximum atomic E-state index is 12.6. The lowest BCUT2D eigenvalue weighted by Gasteiger charge is -2.29. The van der Waals surface area contributed by atoms with Crippen molar-refractivity contribution in [1.29, 1.82) is 0 Å². The molecular formula is C17H17N3O6S2. The van der Waals surface area contributed by atoms with Crippen LogP contribution in [0.3, 0.4) is 0 Å². The lowest BCUT2D eigenvalue weighted by molar-refractivity contribution is -0.387. The largest absolute Gasteiger partial charge is 0.478 e. The van der Waals surface area contributed by atoms with E-state index >= 15 is 0 Å². The summed E-state index contributed by atoms with van der Waals surface area (Å²) < 4.78 is 27.5. The highest BCUT2D eigenvalue weighted by Crippen LogP contribution is 2.29. The first-order valence-electron chi connectivity index (χ1n) is 8.26. The second-order valence-corrected chi connectivity index (χ2v) is 8.84. The van der Waals surface area contributed by atoms with Crippen molar-refractivity contribution in [3.8, 4) is 0 Å². The van der Waals surface area contributed by atoms with Crippen molar-refractivity contribution in [2.45, 2.75) is 4.90 Å². The summed E-state index contributed by atoms with van der Waals surface area (Å²) in [5.74, 6) is 0.580. The molecule has 2 N–H and O–H groups in total. The van der Waals surface area contributed by atoms with E-state index in [2.05, 4.69) is 4.72 Å². The Morgan fingerprint density at radius 2 is 1.86 bits per heavy atom. The molecule has 9 nitrogen and oxygen atoms in total. The van der Waals surface area contributed by atoms with Gasteiger partial charge in [-0.3, -0.25) is 14.8 Å². The van der Waals surface area contributed by atoms with Crippen LogP contribution in [0.25, 0.3) is 0 Å². The Kier molecular flexibility index (Phi) is 5.75. The Labute approximate surface area is 165 Å². The van der Waals surface area contributed by atoms with Gasteiger partial charge in [0.25, 0.3) is 15.7 Å². The smallest absolute Gasteiger partial charge is 0.337 e. The third-order valence-electron chi connectivity index (χ3n) is 4.18. The molecule has 0 saturated carbocycles. The van der Waals surface area contributed by atoms with Crippen LogP contribution in [0.15, 0.2) is 47.4 Å². The zero-order chi connectivity index (χ0) is 20.3. The van der Waals surface area contributed by atoms with Gasteiger partial charge in [0.2, 0.25) is 0 Å². The summed E-state index contributed by atoms with van der Waals surface area (Å²) in [6, 6.07) is 9.19. The molecule has 0 aliphatic carbocycles. The summed E-state index contributed by atoms with van der Waals surface area (Å²) in [5.41, 5.74) is -0.0577. The van der Waals surface area contributed by atoms with E-state index in [1.165, 1.54) is 24.3 Å². The molecule has 0 amide bonds. The number of nitrogens with one attached hydrogen (secondary N) is 1. The lowest BCUT2D eigenvalue weighted by Crippen LogP contribution is -2.33. The van der Waals surface area contributed by atoms with E-state index in [1.807, 2.05) is 4.90 Å². The summed E-state index contributed by atoms with van der Waals surface area (Å²) in [7, 11) is -4.27. The number of benzene rings is 2. The predicted molar refractivity (Wildman–Crippen MR) is 107 cm³/mol. The molecule has 1 heterocycles. The Hall–Kier alpha value is -2.79. The molecule has 2 aromatic carbocycles. The fraction of sp³-hybridized carbons (Fsp3) is 0.235. The molecule has 28 heavy (non-hydrogen) atoms. The highest BCUT2D eigenvalue weighted by atomic mass is 32.2. The second kappa shape index (κ2) is 8.07. The van der Waals surface area contributed by atoms with Crippen molar-refractivity contribution in [3.05, 3.63) is 58.1 Å². The van der Waals surface area contributed by atoms with E-state index in [9.17, 15) is 28.4 Å². The topological polar surface area (TPSA) is 130 Å². The monoisotopic (exact) mass is 423 g/mol. The standard InChI is InChI=1S/C17H17N3O6S2/c21-17(22)13-11-12(5-6-14(13)19-7-9-27-10-8-19)18-28(25,26)16-4-2-1-3-15(16)20(23)24/h1-6,11,18H,7-10H2,(H,21,22). The quantitative estimate of drug-likeness (QED) is 0.536. The van der Waals surface area contributed by atoms with Crippen LogP contribution in [0.2, 0.25) is 0 Å². The molecule has 1 fully saturated rings. The van der Waals surface area contributed by atoms with Gasteiger partial charge in [0.1, 0.15) is 0 Å². The second-order valence-electron chi connectivity index (χ2n) is 5.97. The summed E-state index contributed by atoms with van der Waals surface area (Å²) in [5, 5.41) is 20.7. The molecule has 0 aromatic heterocycles. The van der Waals surface area contributed by atoms with Gasteiger partial charge in [0.05, 0.1) is 16.2 Å². The number of hydrogen-bond acceptors (Lipinski definition) is 7. The molecule has 2 aromatic rings. The van der Waals surface area contributed by atoms with Gasteiger partial charge in [-0.2, -0.15) is 11.8 Å². The normalized spacial score (nSPS) is 14.5. The van der Waals surface area contributed by atoms with Gasteiger partial charge in [-0.15, -0.1) is 0 Å². The number of carboxylic acids is 1. The molecule has 0 spiro atoms. The Balaban J connectivity index is 1.95. The minimum Gasteiger partial charge on any atom is -0.478 e. The molecule has 1 aliphatic rings. The first-order chi connectivity index (χ1) is 13.3. The van der Waals surface area contributed by atoms with Crippen molar-refractivity contribution < 1.29 is 23.2 Å². The van der Waals surface area contributed by atoms with Crippen LogP contribution < -0.4 is 9.62 Å². The van der Waals surface area contributed by atoms with Crippen LogP contribution in [0.1, 0.15) is 10.4 Å². The molecular weight excluding hydrogens is 406 g/mol. The number of hydrogen-bond donors (Lipinski definition) is 2. The predicted octanol–water partition coefficient (Wildman–Crippen LogP) is 2.65. The molecule has 11 heteroatoms. The van der Waals surface area contributed by atoms with E-state index in [0.717, 1.165) is 23.6 Å². The zero-order valence-electron chi connectivity index (χ0n) is 14.6. The number of carboxylic acid groups (broad SMARTS) is 1. The van der Waals surface area contributed by atoms with Gasteiger partial charge in [-0.1, -0.05) is 12.1 Å². The van der Waals surface area contributed by atoms with Gasteiger partial charge in [-0.05, 0) is 24.3 Å².